The van der Waals surface area contributed by atoms with E-state index >= 15 is 0 Å². The lowest BCUT2D eigenvalue weighted by Gasteiger charge is -2.19. The van der Waals surface area contributed by atoms with E-state index < -0.39 is 0 Å². The number of aryl methyl sites for hydroxylation is 1. The summed E-state index contributed by atoms with van der Waals surface area (Å²) in [5.74, 6) is 0.889. The van der Waals surface area contributed by atoms with Crippen molar-refractivity contribution in [2.75, 3.05) is 7.11 Å². The van der Waals surface area contributed by atoms with Gasteiger partial charge in [-0.3, -0.25) is 0 Å². The van der Waals surface area contributed by atoms with Crippen molar-refractivity contribution in [2.45, 2.75) is 33.7 Å². The third kappa shape index (κ3) is 3.37. The molecule has 0 aliphatic rings. The van der Waals surface area contributed by atoms with Crippen LogP contribution < -0.4 is 4.74 Å². The van der Waals surface area contributed by atoms with Crippen molar-refractivity contribution in [3.63, 3.8) is 0 Å². The largest absolute Gasteiger partial charge is 0.496 e. The summed E-state index contributed by atoms with van der Waals surface area (Å²) in [6.07, 6.45) is 4.92. The summed E-state index contributed by atoms with van der Waals surface area (Å²) in [5.41, 5.74) is 2.53. The number of imidazole rings is 1. The Balaban J connectivity index is 2.29. The fourth-order valence-electron chi connectivity index (χ4n) is 2.04. The monoisotopic (exact) mass is 258 g/mol. The molecule has 0 aliphatic carbocycles. The first kappa shape index (κ1) is 13.7. The average molecular weight is 258 g/mol. The minimum absolute atomic E-state index is 0.322. The van der Waals surface area contributed by atoms with E-state index in [0.29, 0.717) is 5.41 Å². The maximum atomic E-state index is 5.43. The number of aromatic nitrogens is 2. The van der Waals surface area contributed by atoms with Gasteiger partial charge in [-0.05, 0) is 24.0 Å². The van der Waals surface area contributed by atoms with Gasteiger partial charge >= 0.3 is 0 Å². The highest BCUT2D eigenvalue weighted by Gasteiger charge is 2.13. The second-order valence-corrected chi connectivity index (χ2v) is 5.98. The molecule has 3 nitrogen and oxygen atoms in total. The molecule has 0 saturated carbocycles. The Morgan fingerprint density at radius 2 is 1.95 bits per heavy atom. The van der Waals surface area contributed by atoms with Crippen LogP contribution >= 0.6 is 0 Å². The van der Waals surface area contributed by atoms with Crippen LogP contribution in [-0.4, -0.2) is 16.7 Å². The topological polar surface area (TPSA) is 27.1 Å². The number of rotatable bonds is 4. The standard InChI is InChI=1S/C16H22N2O/c1-16(2,3)9-10-18-12-17-11-14(18)13-7-5-6-8-15(13)19-4/h5-8,11-12H,9-10H2,1-4H3. The molecular weight excluding hydrogens is 236 g/mol. The van der Waals surface area contributed by atoms with E-state index in [1.54, 1.807) is 7.11 Å². The van der Waals surface area contributed by atoms with Gasteiger partial charge in [-0.15, -0.1) is 0 Å². The van der Waals surface area contributed by atoms with E-state index in [1.165, 1.54) is 0 Å². The highest BCUT2D eigenvalue weighted by molar-refractivity contribution is 5.66. The van der Waals surface area contributed by atoms with Gasteiger partial charge in [-0.2, -0.15) is 0 Å². The van der Waals surface area contributed by atoms with Crippen LogP contribution in [0.4, 0.5) is 0 Å². The SMILES string of the molecule is COc1ccccc1-c1cncn1CCC(C)(C)C. The van der Waals surface area contributed by atoms with Gasteiger partial charge in [0.25, 0.3) is 0 Å². The normalized spacial score (nSPS) is 11.6. The average Bonchev–Trinajstić information content (AvgIpc) is 2.83. The van der Waals surface area contributed by atoms with Gasteiger partial charge < -0.3 is 9.30 Å². The van der Waals surface area contributed by atoms with E-state index in [0.717, 1.165) is 30.0 Å². The van der Waals surface area contributed by atoms with Crippen molar-refractivity contribution in [1.82, 2.24) is 9.55 Å². The molecule has 102 valence electrons. The molecule has 0 aliphatic heterocycles. The lowest BCUT2D eigenvalue weighted by molar-refractivity contribution is 0.351. The fraction of sp³-hybridized carbons (Fsp3) is 0.438. The molecule has 1 aromatic heterocycles. The third-order valence-electron chi connectivity index (χ3n) is 3.20. The number of hydrogen-bond acceptors (Lipinski definition) is 2. The van der Waals surface area contributed by atoms with Gasteiger partial charge in [0.15, 0.2) is 0 Å². The first-order valence-corrected chi connectivity index (χ1v) is 6.65. The molecule has 0 N–H and O–H groups in total. The molecule has 0 bridgehead atoms. The van der Waals surface area contributed by atoms with Crippen molar-refractivity contribution >= 4 is 0 Å². The number of nitrogens with zero attached hydrogens (tertiary/aromatic N) is 2. The molecule has 0 saturated heterocycles. The number of para-hydroxylation sites is 1. The zero-order valence-corrected chi connectivity index (χ0v) is 12.2. The van der Waals surface area contributed by atoms with Crippen molar-refractivity contribution in [2.24, 2.45) is 5.41 Å². The maximum Gasteiger partial charge on any atom is 0.128 e. The number of hydrogen-bond donors (Lipinski definition) is 0. The van der Waals surface area contributed by atoms with E-state index in [4.69, 9.17) is 4.74 Å². The lowest BCUT2D eigenvalue weighted by atomic mass is 9.92. The minimum Gasteiger partial charge on any atom is -0.496 e. The minimum atomic E-state index is 0.322. The molecule has 0 unspecified atom stereocenters. The quantitative estimate of drug-likeness (QED) is 0.829. The number of ether oxygens (including phenoxy) is 1. The van der Waals surface area contributed by atoms with Crippen LogP contribution in [0.5, 0.6) is 5.75 Å². The highest BCUT2D eigenvalue weighted by atomic mass is 16.5. The first-order chi connectivity index (χ1) is 9.01. The Bertz CT molecular complexity index is 538. The molecule has 1 heterocycles. The van der Waals surface area contributed by atoms with Crippen LogP contribution in [0, 0.1) is 5.41 Å². The van der Waals surface area contributed by atoms with E-state index in [2.05, 4.69) is 36.4 Å². The van der Waals surface area contributed by atoms with Crippen molar-refractivity contribution in [1.29, 1.82) is 0 Å². The van der Waals surface area contributed by atoms with E-state index in [1.807, 2.05) is 30.7 Å². The Kier molecular flexibility index (Phi) is 3.93. The second kappa shape index (κ2) is 5.47. The summed E-state index contributed by atoms with van der Waals surface area (Å²) in [7, 11) is 1.70. The van der Waals surface area contributed by atoms with Crippen LogP contribution in [0.15, 0.2) is 36.8 Å². The summed E-state index contributed by atoms with van der Waals surface area (Å²) in [4.78, 5) is 4.28. The second-order valence-electron chi connectivity index (χ2n) is 5.98. The Hall–Kier alpha value is -1.77. The van der Waals surface area contributed by atoms with Crippen LogP contribution in [0.3, 0.4) is 0 Å². The van der Waals surface area contributed by atoms with Crippen molar-refractivity contribution in [3.8, 4) is 17.0 Å². The van der Waals surface area contributed by atoms with Gasteiger partial charge in [-0.25, -0.2) is 4.98 Å². The molecule has 0 fully saturated rings. The third-order valence-corrected chi connectivity index (χ3v) is 3.20. The molecular formula is C16H22N2O. The molecule has 2 aromatic rings. The lowest BCUT2D eigenvalue weighted by Crippen LogP contribution is -2.10. The molecule has 0 radical (unpaired) electrons. The fourth-order valence-corrected chi connectivity index (χ4v) is 2.04. The molecule has 1 aromatic carbocycles. The van der Waals surface area contributed by atoms with Gasteiger partial charge in [0.2, 0.25) is 0 Å². The van der Waals surface area contributed by atoms with Crippen LogP contribution in [0.2, 0.25) is 0 Å². The Labute approximate surface area is 115 Å². The van der Waals surface area contributed by atoms with E-state index in [-0.39, 0.29) is 0 Å². The van der Waals surface area contributed by atoms with Crippen LogP contribution in [0.25, 0.3) is 11.3 Å². The Morgan fingerprint density at radius 1 is 1.21 bits per heavy atom. The zero-order valence-electron chi connectivity index (χ0n) is 12.2. The van der Waals surface area contributed by atoms with Crippen molar-refractivity contribution < 1.29 is 4.74 Å². The predicted octanol–water partition coefficient (Wildman–Crippen LogP) is 3.99. The van der Waals surface area contributed by atoms with Crippen LogP contribution in [0.1, 0.15) is 27.2 Å². The van der Waals surface area contributed by atoms with Crippen LogP contribution in [-0.2, 0) is 6.54 Å². The van der Waals surface area contributed by atoms with Crippen molar-refractivity contribution in [3.05, 3.63) is 36.8 Å². The summed E-state index contributed by atoms with van der Waals surface area (Å²) in [5, 5.41) is 0. The molecule has 19 heavy (non-hydrogen) atoms. The summed E-state index contributed by atoms with van der Waals surface area (Å²) >= 11 is 0. The number of benzene rings is 1. The van der Waals surface area contributed by atoms with Gasteiger partial charge in [0.1, 0.15) is 5.75 Å². The summed E-state index contributed by atoms with van der Waals surface area (Å²) in [6.45, 7) is 7.74. The Morgan fingerprint density at radius 3 is 2.63 bits per heavy atom. The van der Waals surface area contributed by atoms with Gasteiger partial charge in [0.05, 0.1) is 25.3 Å². The maximum absolute atomic E-state index is 5.43. The predicted molar refractivity (Wildman–Crippen MR) is 78.3 cm³/mol. The number of methoxy groups -OCH3 is 1. The smallest absolute Gasteiger partial charge is 0.128 e. The van der Waals surface area contributed by atoms with E-state index in [9.17, 15) is 0 Å². The molecule has 0 atom stereocenters. The zero-order chi connectivity index (χ0) is 13.9. The molecule has 2 rings (SSSR count). The summed E-state index contributed by atoms with van der Waals surface area (Å²) < 4.78 is 7.63. The first-order valence-electron chi connectivity index (χ1n) is 6.65. The van der Waals surface area contributed by atoms with Gasteiger partial charge in [0, 0.05) is 12.1 Å². The highest BCUT2D eigenvalue weighted by Crippen LogP contribution is 2.30. The summed E-state index contributed by atoms with van der Waals surface area (Å²) in [6, 6.07) is 8.07. The molecule has 0 amide bonds. The molecule has 0 spiro atoms. The molecule has 3 heteroatoms. The van der Waals surface area contributed by atoms with Gasteiger partial charge in [-0.1, -0.05) is 32.9 Å².